The van der Waals surface area contributed by atoms with Crippen LogP contribution in [0.4, 0.5) is 11.4 Å². The van der Waals surface area contributed by atoms with Crippen LogP contribution in [0.15, 0.2) is 18.2 Å². The molecule has 0 aromatic heterocycles. The van der Waals surface area contributed by atoms with Gasteiger partial charge in [-0.3, -0.25) is 9.59 Å². The Morgan fingerprint density at radius 2 is 2.32 bits per heavy atom. The van der Waals surface area contributed by atoms with Gasteiger partial charge in [-0.15, -0.1) is 0 Å². The first-order valence-corrected chi connectivity index (χ1v) is 6.25. The minimum Gasteiger partial charge on any atom is -0.491 e. The van der Waals surface area contributed by atoms with Gasteiger partial charge < -0.3 is 21.1 Å². The Kier molecular flexibility index (Phi) is 4.35. The van der Waals surface area contributed by atoms with Crippen LogP contribution < -0.4 is 21.1 Å². The van der Waals surface area contributed by atoms with E-state index < -0.39 is 0 Å². The van der Waals surface area contributed by atoms with Crippen molar-refractivity contribution in [1.82, 2.24) is 0 Å². The van der Waals surface area contributed by atoms with Crippen molar-refractivity contribution in [2.45, 2.75) is 19.3 Å². The quantitative estimate of drug-likeness (QED) is 0.758. The van der Waals surface area contributed by atoms with Crippen LogP contribution in [0.1, 0.15) is 19.3 Å². The predicted molar refractivity (Wildman–Crippen MR) is 72.1 cm³/mol. The highest BCUT2D eigenvalue weighted by atomic mass is 16.5. The number of carbonyl (C=O) groups excluding carboxylic acids is 2. The molecule has 1 aromatic rings. The molecule has 0 bridgehead atoms. The standard InChI is InChI=1S/C13H17N3O3/c14-6-1-2-12(17)15-9-3-4-11-10(8-9)16-13(18)5-7-19-11/h3-4,8H,1-2,5-7,14H2,(H,15,17)(H,16,18). The Balaban J connectivity index is 2.07. The largest absolute Gasteiger partial charge is 0.491 e. The zero-order chi connectivity index (χ0) is 13.7. The fourth-order valence-electron chi connectivity index (χ4n) is 1.78. The average Bonchev–Trinajstić information content (AvgIpc) is 2.56. The van der Waals surface area contributed by atoms with E-state index >= 15 is 0 Å². The van der Waals surface area contributed by atoms with Crippen molar-refractivity contribution in [1.29, 1.82) is 0 Å². The van der Waals surface area contributed by atoms with E-state index in [-0.39, 0.29) is 11.8 Å². The summed E-state index contributed by atoms with van der Waals surface area (Å²) in [4.78, 5) is 23.0. The number of nitrogens with one attached hydrogen (secondary N) is 2. The van der Waals surface area contributed by atoms with Crippen molar-refractivity contribution in [3.05, 3.63) is 18.2 Å². The molecule has 2 amide bonds. The van der Waals surface area contributed by atoms with Crippen molar-refractivity contribution >= 4 is 23.2 Å². The van der Waals surface area contributed by atoms with Crippen LogP contribution in [0.25, 0.3) is 0 Å². The molecular weight excluding hydrogens is 246 g/mol. The molecule has 102 valence electrons. The minimum absolute atomic E-state index is 0.0914. The summed E-state index contributed by atoms with van der Waals surface area (Å²) >= 11 is 0. The van der Waals surface area contributed by atoms with Crippen molar-refractivity contribution in [2.24, 2.45) is 5.73 Å². The fourth-order valence-corrected chi connectivity index (χ4v) is 1.78. The summed E-state index contributed by atoms with van der Waals surface area (Å²) < 4.78 is 5.43. The maximum atomic E-state index is 11.6. The number of ether oxygens (including phenoxy) is 1. The molecule has 0 aliphatic carbocycles. The Morgan fingerprint density at radius 3 is 3.11 bits per heavy atom. The SMILES string of the molecule is NCCCC(=O)Nc1ccc2c(c1)NC(=O)CCO2. The number of anilines is 2. The second-order valence-corrected chi connectivity index (χ2v) is 4.30. The van der Waals surface area contributed by atoms with Crippen LogP contribution in [0.2, 0.25) is 0 Å². The highest BCUT2D eigenvalue weighted by Gasteiger charge is 2.14. The van der Waals surface area contributed by atoms with Gasteiger partial charge in [0.1, 0.15) is 5.75 Å². The lowest BCUT2D eigenvalue weighted by Crippen LogP contribution is -2.14. The van der Waals surface area contributed by atoms with E-state index in [0.717, 1.165) is 0 Å². The van der Waals surface area contributed by atoms with E-state index in [4.69, 9.17) is 10.5 Å². The second-order valence-electron chi connectivity index (χ2n) is 4.30. The summed E-state index contributed by atoms with van der Waals surface area (Å²) in [6.45, 7) is 0.850. The number of hydrogen-bond donors (Lipinski definition) is 3. The smallest absolute Gasteiger partial charge is 0.227 e. The topological polar surface area (TPSA) is 93.5 Å². The van der Waals surface area contributed by atoms with Crippen molar-refractivity contribution in [3.8, 4) is 5.75 Å². The molecule has 0 saturated carbocycles. The zero-order valence-electron chi connectivity index (χ0n) is 10.6. The Bertz CT molecular complexity index is 488. The average molecular weight is 263 g/mol. The molecular formula is C13H17N3O3. The molecule has 1 heterocycles. The van der Waals surface area contributed by atoms with Gasteiger partial charge in [0.05, 0.1) is 18.7 Å². The Labute approximate surface area is 111 Å². The number of carbonyl (C=O) groups is 2. The number of fused-ring (bicyclic) bond motifs is 1. The van der Waals surface area contributed by atoms with E-state index in [1.54, 1.807) is 18.2 Å². The molecule has 0 fully saturated rings. The van der Waals surface area contributed by atoms with Gasteiger partial charge in [0.15, 0.2) is 0 Å². The van der Waals surface area contributed by atoms with E-state index in [2.05, 4.69) is 10.6 Å². The van der Waals surface area contributed by atoms with Crippen LogP contribution >= 0.6 is 0 Å². The second kappa shape index (κ2) is 6.19. The molecule has 19 heavy (non-hydrogen) atoms. The van der Waals surface area contributed by atoms with Gasteiger partial charge in [-0.2, -0.15) is 0 Å². The first kappa shape index (κ1) is 13.4. The van der Waals surface area contributed by atoms with Gasteiger partial charge in [0, 0.05) is 12.1 Å². The maximum absolute atomic E-state index is 11.6. The molecule has 0 atom stereocenters. The Hall–Kier alpha value is -2.08. The first-order valence-electron chi connectivity index (χ1n) is 6.25. The summed E-state index contributed by atoms with van der Waals surface area (Å²) in [5, 5.41) is 5.50. The molecule has 6 heteroatoms. The van der Waals surface area contributed by atoms with Crippen LogP contribution in [0, 0.1) is 0 Å². The monoisotopic (exact) mass is 263 g/mol. The number of hydrogen-bond acceptors (Lipinski definition) is 4. The van der Waals surface area contributed by atoms with Crippen LogP contribution in [-0.4, -0.2) is 25.0 Å². The van der Waals surface area contributed by atoms with Crippen molar-refractivity contribution < 1.29 is 14.3 Å². The minimum atomic E-state index is -0.0923. The molecule has 1 aromatic carbocycles. The van der Waals surface area contributed by atoms with Crippen LogP contribution in [0.5, 0.6) is 5.75 Å². The van der Waals surface area contributed by atoms with Crippen LogP contribution in [-0.2, 0) is 9.59 Å². The van der Waals surface area contributed by atoms with E-state index in [0.29, 0.717) is 49.5 Å². The lowest BCUT2D eigenvalue weighted by molar-refractivity contribution is -0.117. The van der Waals surface area contributed by atoms with Gasteiger partial charge >= 0.3 is 0 Å². The fraction of sp³-hybridized carbons (Fsp3) is 0.385. The molecule has 0 spiro atoms. The molecule has 4 N–H and O–H groups in total. The predicted octanol–water partition coefficient (Wildman–Crippen LogP) is 1.08. The summed E-state index contributed by atoms with van der Waals surface area (Å²) in [6.07, 6.45) is 1.36. The van der Waals surface area contributed by atoms with Crippen LogP contribution in [0.3, 0.4) is 0 Å². The third-order valence-corrected chi connectivity index (χ3v) is 2.73. The molecule has 0 saturated heterocycles. The highest BCUT2D eigenvalue weighted by molar-refractivity contribution is 5.96. The van der Waals surface area contributed by atoms with Gasteiger partial charge in [-0.25, -0.2) is 0 Å². The lowest BCUT2D eigenvalue weighted by Gasteiger charge is -2.10. The number of amides is 2. The third-order valence-electron chi connectivity index (χ3n) is 2.73. The van der Waals surface area contributed by atoms with Gasteiger partial charge in [-0.05, 0) is 31.2 Å². The van der Waals surface area contributed by atoms with Crippen molar-refractivity contribution in [3.63, 3.8) is 0 Å². The Morgan fingerprint density at radius 1 is 1.47 bits per heavy atom. The molecule has 6 nitrogen and oxygen atoms in total. The van der Waals surface area contributed by atoms with E-state index in [1.165, 1.54) is 0 Å². The van der Waals surface area contributed by atoms with Gasteiger partial charge in [0.2, 0.25) is 11.8 Å². The first-order chi connectivity index (χ1) is 9.19. The molecule has 0 radical (unpaired) electrons. The maximum Gasteiger partial charge on any atom is 0.227 e. The van der Waals surface area contributed by atoms with E-state index in [1.807, 2.05) is 0 Å². The normalized spacial score (nSPS) is 13.8. The van der Waals surface area contributed by atoms with E-state index in [9.17, 15) is 9.59 Å². The molecule has 1 aliphatic heterocycles. The van der Waals surface area contributed by atoms with Crippen molar-refractivity contribution in [2.75, 3.05) is 23.8 Å². The lowest BCUT2D eigenvalue weighted by atomic mass is 10.2. The molecule has 0 unspecified atom stereocenters. The summed E-state index contributed by atoms with van der Waals surface area (Å²) in [5.74, 6) is 0.433. The number of rotatable bonds is 4. The molecule has 2 rings (SSSR count). The summed E-state index contributed by atoms with van der Waals surface area (Å²) in [7, 11) is 0. The van der Waals surface area contributed by atoms with Gasteiger partial charge in [-0.1, -0.05) is 0 Å². The number of benzene rings is 1. The summed E-state index contributed by atoms with van der Waals surface area (Å²) in [6, 6.07) is 5.18. The summed E-state index contributed by atoms with van der Waals surface area (Å²) in [5.41, 5.74) is 6.56. The molecule has 1 aliphatic rings. The van der Waals surface area contributed by atoms with Gasteiger partial charge in [0.25, 0.3) is 0 Å². The number of nitrogens with two attached hydrogens (primary N) is 1. The third kappa shape index (κ3) is 3.69. The highest BCUT2D eigenvalue weighted by Crippen LogP contribution is 2.30. The zero-order valence-corrected chi connectivity index (χ0v) is 10.6.